The van der Waals surface area contributed by atoms with Gasteiger partial charge in [0.05, 0.1) is 11.6 Å². The number of amides is 1. The number of nitrogens with one attached hydrogen (secondary N) is 1. The van der Waals surface area contributed by atoms with Crippen LogP contribution in [-0.4, -0.2) is 17.3 Å². The number of hydrogen-bond donors (Lipinski definition) is 1. The van der Waals surface area contributed by atoms with E-state index >= 15 is 0 Å². The van der Waals surface area contributed by atoms with E-state index < -0.39 is 6.36 Å². The molecule has 0 aliphatic rings. The molecule has 0 atom stereocenters. The zero-order chi connectivity index (χ0) is 25.5. The highest BCUT2D eigenvalue weighted by Crippen LogP contribution is 2.28. The molecule has 0 aliphatic heterocycles. The second-order valence-corrected chi connectivity index (χ2v) is 7.60. The standard InChI is InChI=1S/C28H18F3N3O2/c29-28(30,31)36-23-12-10-20(11-13-23)24(21-5-1-4-19(16-21)17-32)7-3-9-27(35)34-26-8-2-6-22-18-33-15-14-25(22)26/h1-16,18H,(H,34,35)/b9-3+,24-7-. The molecule has 1 amide bonds. The predicted octanol–water partition coefficient (Wildman–Crippen LogP) is 6.63. The summed E-state index contributed by atoms with van der Waals surface area (Å²) < 4.78 is 41.5. The van der Waals surface area contributed by atoms with Crippen LogP contribution in [0.3, 0.4) is 0 Å². The summed E-state index contributed by atoms with van der Waals surface area (Å²) in [5.74, 6) is -0.716. The Morgan fingerprint density at radius 3 is 2.53 bits per heavy atom. The van der Waals surface area contributed by atoms with E-state index in [1.54, 1.807) is 54.9 Å². The maximum atomic E-state index is 12.6. The summed E-state index contributed by atoms with van der Waals surface area (Å²) in [6.45, 7) is 0. The Hall–Kier alpha value is -4.90. The molecule has 0 unspecified atom stereocenters. The molecule has 178 valence electrons. The first-order valence-corrected chi connectivity index (χ1v) is 10.7. The van der Waals surface area contributed by atoms with Crippen LogP contribution in [0.25, 0.3) is 16.3 Å². The van der Waals surface area contributed by atoms with Gasteiger partial charge in [-0.25, -0.2) is 0 Å². The fraction of sp³-hybridized carbons (Fsp3) is 0.0357. The van der Waals surface area contributed by atoms with Crippen molar-refractivity contribution in [1.82, 2.24) is 4.98 Å². The number of rotatable bonds is 6. The number of hydrogen-bond acceptors (Lipinski definition) is 4. The van der Waals surface area contributed by atoms with Gasteiger partial charge >= 0.3 is 6.36 Å². The van der Waals surface area contributed by atoms with Crippen molar-refractivity contribution in [1.29, 1.82) is 5.26 Å². The molecule has 36 heavy (non-hydrogen) atoms. The molecule has 1 heterocycles. The average Bonchev–Trinajstić information content (AvgIpc) is 2.87. The average molecular weight is 485 g/mol. The molecule has 5 nitrogen and oxygen atoms in total. The summed E-state index contributed by atoms with van der Waals surface area (Å²) in [6, 6.07) is 21.5. The molecule has 3 aromatic carbocycles. The monoisotopic (exact) mass is 485 g/mol. The Bertz CT molecular complexity index is 1500. The van der Waals surface area contributed by atoms with Gasteiger partial charge in [-0.2, -0.15) is 5.26 Å². The van der Waals surface area contributed by atoms with Gasteiger partial charge in [-0.05, 0) is 53.1 Å². The Labute approximate surface area is 204 Å². The topological polar surface area (TPSA) is 75.0 Å². The van der Waals surface area contributed by atoms with Crippen molar-refractivity contribution in [2.24, 2.45) is 0 Å². The molecule has 0 spiro atoms. The van der Waals surface area contributed by atoms with Gasteiger partial charge in [0.1, 0.15) is 5.75 Å². The number of fused-ring (bicyclic) bond motifs is 1. The van der Waals surface area contributed by atoms with Gasteiger partial charge in [0.15, 0.2) is 0 Å². The fourth-order valence-electron chi connectivity index (χ4n) is 3.59. The lowest BCUT2D eigenvalue weighted by atomic mass is 9.96. The Morgan fingerprint density at radius 1 is 1.00 bits per heavy atom. The van der Waals surface area contributed by atoms with Gasteiger partial charge in [-0.15, -0.1) is 13.2 Å². The van der Waals surface area contributed by atoms with E-state index in [9.17, 15) is 23.2 Å². The first kappa shape index (κ1) is 24.2. The number of anilines is 1. The van der Waals surface area contributed by atoms with Crippen molar-refractivity contribution in [3.05, 3.63) is 120 Å². The smallest absolute Gasteiger partial charge is 0.406 e. The third kappa shape index (κ3) is 6.15. The van der Waals surface area contributed by atoms with E-state index in [1.807, 2.05) is 12.1 Å². The summed E-state index contributed by atoms with van der Waals surface area (Å²) >= 11 is 0. The van der Waals surface area contributed by atoms with Crippen LogP contribution in [0.2, 0.25) is 0 Å². The van der Waals surface area contributed by atoms with Crippen molar-refractivity contribution in [3.8, 4) is 11.8 Å². The van der Waals surface area contributed by atoms with E-state index in [1.165, 1.54) is 36.4 Å². The van der Waals surface area contributed by atoms with Crippen LogP contribution in [0, 0.1) is 11.3 Å². The number of carbonyl (C=O) groups is 1. The minimum atomic E-state index is -4.79. The molecule has 1 N–H and O–H groups in total. The zero-order valence-electron chi connectivity index (χ0n) is 18.7. The second kappa shape index (κ2) is 10.6. The maximum absolute atomic E-state index is 12.6. The first-order valence-electron chi connectivity index (χ1n) is 10.7. The predicted molar refractivity (Wildman–Crippen MR) is 131 cm³/mol. The van der Waals surface area contributed by atoms with Crippen molar-refractivity contribution in [2.45, 2.75) is 6.36 Å². The van der Waals surface area contributed by atoms with Gasteiger partial charge in [-0.1, -0.05) is 48.6 Å². The largest absolute Gasteiger partial charge is 0.573 e. The molecule has 0 aliphatic carbocycles. The number of allylic oxidation sites excluding steroid dienone is 2. The van der Waals surface area contributed by atoms with Crippen LogP contribution >= 0.6 is 0 Å². The highest BCUT2D eigenvalue weighted by atomic mass is 19.4. The number of alkyl halides is 3. The third-order valence-corrected chi connectivity index (χ3v) is 5.15. The maximum Gasteiger partial charge on any atom is 0.573 e. The third-order valence-electron chi connectivity index (χ3n) is 5.15. The quantitative estimate of drug-likeness (QED) is 0.246. The molecule has 1 aromatic heterocycles. The molecule has 8 heteroatoms. The lowest BCUT2D eigenvalue weighted by molar-refractivity contribution is -0.274. The van der Waals surface area contributed by atoms with E-state index in [2.05, 4.69) is 21.1 Å². The number of nitriles is 1. The lowest BCUT2D eigenvalue weighted by Crippen LogP contribution is -2.17. The molecule has 4 aromatic rings. The molecule has 0 fully saturated rings. The highest BCUT2D eigenvalue weighted by molar-refractivity contribution is 6.06. The summed E-state index contributed by atoms with van der Waals surface area (Å²) in [7, 11) is 0. The number of ether oxygens (including phenoxy) is 1. The van der Waals surface area contributed by atoms with Crippen molar-refractivity contribution >= 4 is 27.9 Å². The van der Waals surface area contributed by atoms with Crippen LogP contribution in [0.15, 0.2) is 103 Å². The zero-order valence-corrected chi connectivity index (χ0v) is 18.7. The number of halogens is 3. The van der Waals surface area contributed by atoms with Gasteiger partial charge in [0.2, 0.25) is 5.91 Å². The number of aromatic nitrogens is 1. The molecular weight excluding hydrogens is 467 g/mol. The molecule has 4 rings (SSSR count). The first-order chi connectivity index (χ1) is 17.3. The molecule has 0 saturated heterocycles. The second-order valence-electron chi connectivity index (χ2n) is 7.60. The van der Waals surface area contributed by atoms with Crippen molar-refractivity contribution in [3.63, 3.8) is 0 Å². The van der Waals surface area contributed by atoms with Gasteiger partial charge in [-0.3, -0.25) is 9.78 Å². The summed E-state index contributed by atoms with van der Waals surface area (Å²) in [6.07, 6.45) is 3.09. The number of carbonyl (C=O) groups excluding carboxylic acids is 1. The molecule has 0 bridgehead atoms. The lowest BCUT2D eigenvalue weighted by Gasteiger charge is -2.11. The van der Waals surface area contributed by atoms with Crippen molar-refractivity contribution in [2.75, 3.05) is 5.32 Å². The van der Waals surface area contributed by atoms with Gasteiger partial charge in [0, 0.05) is 34.9 Å². The SMILES string of the molecule is N#Cc1cccc(/C(=C\C=C\C(=O)Nc2cccc3cnccc23)c2ccc(OC(F)(F)F)cc2)c1. The van der Waals surface area contributed by atoms with Crippen LogP contribution in [0.1, 0.15) is 16.7 Å². The van der Waals surface area contributed by atoms with E-state index in [-0.39, 0.29) is 11.7 Å². The van der Waals surface area contributed by atoms with Crippen LogP contribution in [-0.2, 0) is 4.79 Å². The fourth-order valence-corrected chi connectivity index (χ4v) is 3.59. The Kier molecular flexibility index (Phi) is 7.12. The van der Waals surface area contributed by atoms with Crippen molar-refractivity contribution < 1.29 is 22.7 Å². The molecule has 0 saturated carbocycles. The number of nitrogens with zero attached hydrogens (tertiary/aromatic N) is 2. The highest BCUT2D eigenvalue weighted by Gasteiger charge is 2.31. The Balaban J connectivity index is 1.61. The van der Waals surface area contributed by atoms with Crippen LogP contribution in [0.5, 0.6) is 5.75 Å². The summed E-state index contributed by atoms with van der Waals surface area (Å²) in [5.41, 5.74) is 2.89. The summed E-state index contributed by atoms with van der Waals surface area (Å²) in [4.78, 5) is 16.7. The van der Waals surface area contributed by atoms with Gasteiger partial charge < -0.3 is 10.1 Å². The summed E-state index contributed by atoms with van der Waals surface area (Å²) in [5, 5.41) is 13.8. The minimum absolute atomic E-state index is 0.350. The Morgan fingerprint density at radius 2 is 1.78 bits per heavy atom. The van der Waals surface area contributed by atoms with Gasteiger partial charge in [0.25, 0.3) is 0 Å². The number of pyridine rings is 1. The minimum Gasteiger partial charge on any atom is -0.406 e. The van der Waals surface area contributed by atoms with E-state index in [0.29, 0.717) is 28.0 Å². The number of benzene rings is 3. The van der Waals surface area contributed by atoms with Crippen LogP contribution in [0.4, 0.5) is 18.9 Å². The molecule has 0 radical (unpaired) electrons. The van der Waals surface area contributed by atoms with Crippen LogP contribution < -0.4 is 10.1 Å². The molecular formula is C28H18F3N3O2. The normalized spacial score (nSPS) is 11.9. The van der Waals surface area contributed by atoms with E-state index in [0.717, 1.165) is 10.8 Å². The van der Waals surface area contributed by atoms with E-state index in [4.69, 9.17) is 0 Å².